The van der Waals surface area contributed by atoms with Crippen LogP contribution >= 0.6 is 0 Å². The molecule has 0 saturated carbocycles. The van der Waals surface area contributed by atoms with Crippen LogP contribution < -0.4 is 16.0 Å². The molecule has 4 N–H and O–H groups in total. The maximum absolute atomic E-state index is 12.2. The number of sulfone groups is 1. The average molecular weight is 389 g/mol. The topological polar surface area (TPSA) is 142 Å². The van der Waals surface area contributed by atoms with E-state index in [4.69, 9.17) is 5.11 Å². The summed E-state index contributed by atoms with van der Waals surface area (Å²) in [6.45, 7) is 0.525. The van der Waals surface area contributed by atoms with Crippen LogP contribution in [-0.2, 0) is 19.4 Å². The molecule has 0 unspecified atom stereocenters. The van der Waals surface area contributed by atoms with E-state index in [0.717, 1.165) is 12.8 Å². The van der Waals surface area contributed by atoms with E-state index in [1.807, 2.05) is 0 Å². The summed E-state index contributed by atoms with van der Waals surface area (Å²) in [7, 11) is -3.22. The zero-order valence-electron chi connectivity index (χ0n) is 14.7. The van der Waals surface area contributed by atoms with Gasteiger partial charge in [-0.1, -0.05) is 12.8 Å². The van der Waals surface area contributed by atoms with Gasteiger partial charge < -0.3 is 21.1 Å². The number of carbonyl (C=O) groups is 3. The van der Waals surface area contributed by atoms with Crippen molar-refractivity contribution in [1.29, 1.82) is 0 Å². The highest BCUT2D eigenvalue weighted by molar-refractivity contribution is 7.92. The van der Waals surface area contributed by atoms with E-state index in [2.05, 4.69) is 16.0 Å². The van der Waals surface area contributed by atoms with Gasteiger partial charge in [-0.15, -0.1) is 0 Å². The Morgan fingerprint density at radius 2 is 1.81 bits per heavy atom. The highest BCUT2D eigenvalue weighted by Gasteiger charge is 2.51. The minimum Gasteiger partial charge on any atom is -0.481 e. The summed E-state index contributed by atoms with van der Waals surface area (Å²) in [5.41, 5.74) is 0. The number of hydrogen-bond donors (Lipinski definition) is 4. The van der Waals surface area contributed by atoms with Crippen molar-refractivity contribution in [2.45, 2.75) is 68.7 Å². The fourth-order valence-corrected chi connectivity index (χ4v) is 5.80. The molecule has 0 bridgehead atoms. The van der Waals surface area contributed by atoms with E-state index in [9.17, 15) is 22.8 Å². The molecule has 2 rings (SSSR count). The second kappa shape index (κ2) is 9.20. The van der Waals surface area contributed by atoms with E-state index >= 15 is 0 Å². The van der Waals surface area contributed by atoms with Crippen LogP contribution in [-0.4, -0.2) is 61.1 Å². The van der Waals surface area contributed by atoms with Gasteiger partial charge in [0, 0.05) is 19.4 Å². The van der Waals surface area contributed by atoms with Gasteiger partial charge in [0.2, 0.25) is 5.91 Å². The van der Waals surface area contributed by atoms with Gasteiger partial charge in [0.15, 0.2) is 9.84 Å². The van der Waals surface area contributed by atoms with Gasteiger partial charge >= 0.3 is 12.0 Å². The SMILES string of the molecule is O=C(O)CCCCCNC(=O)CCCC[C@H]1[C@H]2NC(=O)N[C@H]2CS1(=O)=O. The molecule has 10 heteroatoms. The molecule has 3 amide bonds. The number of carbonyl (C=O) groups excluding carboxylic acids is 2. The number of hydrogen-bond acceptors (Lipinski definition) is 5. The molecule has 2 aliphatic rings. The third kappa shape index (κ3) is 5.86. The van der Waals surface area contributed by atoms with Crippen LogP contribution in [0.25, 0.3) is 0 Å². The Hall–Kier alpha value is -1.84. The van der Waals surface area contributed by atoms with Crippen molar-refractivity contribution in [1.82, 2.24) is 16.0 Å². The molecule has 2 aliphatic heterocycles. The molecule has 2 saturated heterocycles. The second-order valence-corrected chi connectivity index (χ2v) is 9.18. The van der Waals surface area contributed by atoms with Crippen molar-refractivity contribution in [2.75, 3.05) is 12.3 Å². The lowest BCUT2D eigenvalue weighted by Crippen LogP contribution is -2.39. The van der Waals surface area contributed by atoms with Crippen LogP contribution in [0.2, 0.25) is 0 Å². The third-order valence-electron chi connectivity index (χ3n) is 4.85. The predicted octanol–water partition coefficient (Wildman–Crippen LogP) is 0.155. The normalized spacial score (nSPS) is 26.0. The summed E-state index contributed by atoms with van der Waals surface area (Å²) in [4.78, 5) is 33.4. The molecule has 0 aromatic carbocycles. The standard InChI is InChI=1S/C16H27N3O6S/c20-13(17-9-5-1-2-8-14(21)22)7-4-3-6-12-15-11(10-26(12,24)25)18-16(23)19-15/h11-12,15H,1-10H2,(H,17,20)(H,21,22)(H2,18,19,23)/t11-,12-,15-/m0/s1. The summed E-state index contributed by atoms with van der Waals surface area (Å²) in [6, 6.07) is -1.03. The van der Waals surface area contributed by atoms with Gasteiger partial charge in [0.1, 0.15) is 0 Å². The fraction of sp³-hybridized carbons (Fsp3) is 0.812. The van der Waals surface area contributed by atoms with Crippen LogP contribution in [0.3, 0.4) is 0 Å². The monoisotopic (exact) mass is 389 g/mol. The number of carboxylic acids is 1. The summed E-state index contributed by atoms with van der Waals surface area (Å²) in [6.07, 6.45) is 4.23. The van der Waals surface area contributed by atoms with E-state index in [1.54, 1.807) is 0 Å². The van der Waals surface area contributed by atoms with Gasteiger partial charge in [-0.25, -0.2) is 13.2 Å². The van der Waals surface area contributed by atoms with Gasteiger partial charge in [-0.3, -0.25) is 9.59 Å². The van der Waals surface area contributed by atoms with Gasteiger partial charge in [-0.05, 0) is 25.7 Å². The first-order valence-electron chi connectivity index (χ1n) is 9.06. The van der Waals surface area contributed by atoms with Crippen molar-refractivity contribution < 1.29 is 27.9 Å². The fourth-order valence-electron chi connectivity index (χ4n) is 3.53. The lowest BCUT2D eigenvalue weighted by Gasteiger charge is -2.16. The Balaban J connectivity index is 1.57. The number of fused-ring (bicyclic) bond motifs is 1. The Bertz CT molecular complexity index is 636. The molecular formula is C16H27N3O6S. The number of aliphatic carboxylic acids is 1. The second-order valence-electron chi connectivity index (χ2n) is 6.92. The number of nitrogens with one attached hydrogen (secondary N) is 3. The Labute approximate surface area is 153 Å². The predicted molar refractivity (Wildman–Crippen MR) is 94.4 cm³/mol. The molecule has 2 heterocycles. The van der Waals surface area contributed by atoms with Crippen molar-refractivity contribution in [3.63, 3.8) is 0 Å². The Morgan fingerprint density at radius 3 is 2.54 bits per heavy atom. The first kappa shape index (κ1) is 20.5. The van der Waals surface area contributed by atoms with Crippen LogP contribution in [0.15, 0.2) is 0 Å². The third-order valence-corrected chi connectivity index (χ3v) is 7.13. The van der Waals surface area contributed by atoms with E-state index in [0.29, 0.717) is 38.6 Å². The number of unbranched alkanes of at least 4 members (excludes halogenated alkanes) is 3. The summed E-state index contributed by atoms with van der Waals surface area (Å²) in [5.74, 6) is -0.910. The lowest BCUT2D eigenvalue weighted by molar-refractivity contribution is -0.137. The minimum absolute atomic E-state index is 0.0244. The summed E-state index contributed by atoms with van der Waals surface area (Å²) < 4.78 is 24.3. The van der Waals surface area contributed by atoms with E-state index in [-0.39, 0.29) is 36.2 Å². The first-order valence-corrected chi connectivity index (χ1v) is 10.8. The molecular weight excluding hydrogens is 362 g/mol. The van der Waals surface area contributed by atoms with Crippen molar-refractivity contribution in [3.05, 3.63) is 0 Å². The highest BCUT2D eigenvalue weighted by Crippen LogP contribution is 2.28. The largest absolute Gasteiger partial charge is 0.481 e. The molecule has 9 nitrogen and oxygen atoms in total. The number of amides is 3. The minimum atomic E-state index is -3.22. The zero-order valence-corrected chi connectivity index (χ0v) is 15.5. The number of urea groups is 1. The molecule has 0 spiro atoms. The molecule has 0 aromatic rings. The van der Waals surface area contributed by atoms with E-state index in [1.165, 1.54) is 0 Å². The van der Waals surface area contributed by atoms with Crippen LogP contribution in [0, 0.1) is 0 Å². The maximum Gasteiger partial charge on any atom is 0.315 e. The lowest BCUT2D eigenvalue weighted by atomic mass is 10.0. The van der Waals surface area contributed by atoms with E-state index < -0.39 is 21.1 Å². The Kier molecular flexibility index (Phi) is 7.24. The molecule has 148 valence electrons. The first-order chi connectivity index (χ1) is 12.3. The average Bonchev–Trinajstić information content (AvgIpc) is 2.99. The molecule has 0 radical (unpaired) electrons. The quantitative estimate of drug-likeness (QED) is 0.293. The zero-order chi connectivity index (χ0) is 19.2. The number of rotatable bonds is 11. The number of carboxylic acid groups (broad SMARTS) is 1. The molecule has 3 atom stereocenters. The van der Waals surface area contributed by atoms with Crippen molar-refractivity contribution >= 4 is 27.7 Å². The molecule has 2 fully saturated rings. The van der Waals surface area contributed by atoms with Crippen molar-refractivity contribution in [2.24, 2.45) is 0 Å². The highest BCUT2D eigenvalue weighted by atomic mass is 32.2. The Morgan fingerprint density at radius 1 is 1.08 bits per heavy atom. The van der Waals surface area contributed by atoms with Crippen LogP contribution in [0.1, 0.15) is 51.4 Å². The molecule has 26 heavy (non-hydrogen) atoms. The summed E-state index contributed by atoms with van der Waals surface area (Å²) >= 11 is 0. The van der Waals surface area contributed by atoms with Crippen molar-refractivity contribution in [3.8, 4) is 0 Å². The summed E-state index contributed by atoms with van der Waals surface area (Å²) in [5, 5.41) is 16.0. The van der Waals surface area contributed by atoms with Crippen LogP contribution in [0.5, 0.6) is 0 Å². The maximum atomic E-state index is 12.2. The molecule has 0 aliphatic carbocycles. The van der Waals surface area contributed by atoms with Gasteiger partial charge in [0.05, 0.1) is 23.1 Å². The van der Waals surface area contributed by atoms with Gasteiger partial charge in [-0.2, -0.15) is 0 Å². The van der Waals surface area contributed by atoms with Crippen LogP contribution in [0.4, 0.5) is 4.79 Å². The smallest absolute Gasteiger partial charge is 0.315 e. The van der Waals surface area contributed by atoms with Gasteiger partial charge in [0.25, 0.3) is 0 Å². The molecule has 0 aromatic heterocycles.